The third kappa shape index (κ3) is 3.64. The fraction of sp³-hybridized carbons (Fsp3) is 0.429. The Labute approximate surface area is 148 Å². The zero-order chi connectivity index (χ0) is 17.2. The first-order valence-corrected chi connectivity index (χ1v) is 9.01. The van der Waals surface area contributed by atoms with E-state index < -0.39 is 0 Å². The van der Waals surface area contributed by atoms with Gasteiger partial charge in [0.25, 0.3) is 0 Å². The molecular weight excluding hydrogens is 317 g/mol. The maximum Gasteiger partial charge on any atom is 0.231 e. The number of hydrogen-bond acceptors (Lipinski definition) is 3. The predicted molar refractivity (Wildman–Crippen MR) is 95.6 cm³/mol. The van der Waals surface area contributed by atoms with Crippen LogP contribution in [0.5, 0.6) is 11.5 Å². The second-order valence-corrected chi connectivity index (χ2v) is 7.20. The molecule has 2 aliphatic rings. The number of fused-ring (bicyclic) bond motifs is 1. The summed E-state index contributed by atoms with van der Waals surface area (Å²) in [6, 6.07) is 13.3. The number of rotatable bonds is 4. The van der Waals surface area contributed by atoms with Gasteiger partial charge in [-0.1, -0.05) is 18.2 Å². The van der Waals surface area contributed by atoms with Crippen LogP contribution in [0.25, 0.3) is 0 Å². The summed E-state index contributed by atoms with van der Waals surface area (Å²) < 4.78 is 24.1. The topological polar surface area (TPSA) is 21.7 Å². The Balaban J connectivity index is 1.47. The second-order valence-electron chi connectivity index (χ2n) is 7.20. The van der Waals surface area contributed by atoms with Gasteiger partial charge in [0, 0.05) is 6.54 Å². The monoisotopic (exact) mass is 341 g/mol. The zero-order valence-electron chi connectivity index (χ0n) is 14.6. The Hall–Kier alpha value is -2.07. The molecule has 2 aromatic rings. The highest BCUT2D eigenvalue weighted by Gasteiger charge is 2.28. The van der Waals surface area contributed by atoms with Crippen molar-refractivity contribution in [3.05, 3.63) is 59.4 Å². The molecule has 0 unspecified atom stereocenters. The lowest BCUT2D eigenvalue weighted by Gasteiger charge is -2.37. The van der Waals surface area contributed by atoms with Crippen molar-refractivity contribution < 1.29 is 13.9 Å². The highest BCUT2D eigenvalue weighted by molar-refractivity contribution is 5.44. The van der Waals surface area contributed by atoms with E-state index in [-0.39, 0.29) is 5.82 Å². The van der Waals surface area contributed by atoms with Gasteiger partial charge < -0.3 is 14.4 Å². The molecule has 1 fully saturated rings. The lowest BCUT2D eigenvalue weighted by Crippen LogP contribution is -2.37. The van der Waals surface area contributed by atoms with E-state index in [2.05, 4.69) is 24.1 Å². The van der Waals surface area contributed by atoms with Crippen molar-refractivity contribution in [3.8, 4) is 11.5 Å². The van der Waals surface area contributed by atoms with Crippen molar-refractivity contribution in [2.24, 2.45) is 5.92 Å². The summed E-state index contributed by atoms with van der Waals surface area (Å²) in [7, 11) is 2.19. The summed E-state index contributed by atoms with van der Waals surface area (Å²) >= 11 is 0. The summed E-state index contributed by atoms with van der Waals surface area (Å²) in [5.41, 5.74) is 2.56. The average Bonchev–Trinajstić information content (AvgIpc) is 3.09. The van der Waals surface area contributed by atoms with E-state index in [1.165, 1.54) is 11.1 Å². The molecule has 2 heterocycles. The Bertz CT molecular complexity index is 731. The lowest BCUT2D eigenvalue weighted by molar-refractivity contribution is 0.173. The van der Waals surface area contributed by atoms with Crippen LogP contribution in [0.1, 0.15) is 29.9 Å². The van der Waals surface area contributed by atoms with Gasteiger partial charge in [0.2, 0.25) is 6.79 Å². The Kier molecular flexibility index (Phi) is 4.62. The van der Waals surface area contributed by atoms with E-state index in [0.717, 1.165) is 43.9 Å². The minimum absolute atomic E-state index is 0.159. The van der Waals surface area contributed by atoms with Gasteiger partial charge in [0.15, 0.2) is 11.5 Å². The number of hydrogen-bond donors (Lipinski definition) is 0. The van der Waals surface area contributed by atoms with Crippen molar-refractivity contribution in [2.45, 2.75) is 25.2 Å². The predicted octanol–water partition coefficient (Wildman–Crippen LogP) is 4.22. The first-order chi connectivity index (χ1) is 12.2. The number of likely N-dealkylation sites (tertiary alicyclic amines) is 1. The number of nitrogens with zero attached hydrogens (tertiary/aromatic N) is 1. The summed E-state index contributed by atoms with van der Waals surface area (Å²) in [4.78, 5) is 2.41. The van der Waals surface area contributed by atoms with Crippen molar-refractivity contribution in [2.75, 3.05) is 26.9 Å². The van der Waals surface area contributed by atoms with E-state index in [0.29, 0.717) is 18.6 Å². The standard InChI is InChI=1S/C21H24FNO2/c1-23-11-10-19(16-5-7-18(22)8-6-16)17(13-23)4-2-15-3-9-20-21(12-15)25-14-24-20/h3,5-9,12,17,19H,2,4,10-11,13-14H2,1H3/t17-,19+/m1/s1. The van der Waals surface area contributed by atoms with Gasteiger partial charge in [-0.25, -0.2) is 4.39 Å². The van der Waals surface area contributed by atoms with E-state index in [4.69, 9.17) is 9.47 Å². The van der Waals surface area contributed by atoms with Crippen LogP contribution in [0.3, 0.4) is 0 Å². The molecule has 132 valence electrons. The molecule has 0 amide bonds. The highest BCUT2D eigenvalue weighted by atomic mass is 19.1. The average molecular weight is 341 g/mol. The largest absolute Gasteiger partial charge is 0.454 e. The molecule has 2 aromatic carbocycles. The van der Waals surface area contributed by atoms with Crippen LogP contribution in [0.2, 0.25) is 0 Å². The molecule has 0 saturated carbocycles. The Morgan fingerprint density at radius 2 is 1.88 bits per heavy atom. The van der Waals surface area contributed by atoms with Crippen LogP contribution in [0.15, 0.2) is 42.5 Å². The van der Waals surface area contributed by atoms with Gasteiger partial charge in [-0.15, -0.1) is 0 Å². The van der Waals surface area contributed by atoms with Crippen molar-refractivity contribution in [3.63, 3.8) is 0 Å². The lowest BCUT2D eigenvalue weighted by atomic mass is 9.78. The van der Waals surface area contributed by atoms with Gasteiger partial charge in [-0.05, 0) is 80.1 Å². The van der Waals surface area contributed by atoms with Crippen molar-refractivity contribution in [1.29, 1.82) is 0 Å². The fourth-order valence-corrected chi connectivity index (χ4v) is 4.10. The van der Waals surface area contributed by atoms with Crippen molar-refractivity contribution in [1.82, 2.24) is 4.90 Å². The van der Waals surface area contributed by atoms with E-state index in [1.54, 1.807) is 12.1 Å². The van der Waals surface area contributed by atoms with Gasteiger partial charge >= 0.3 is 0 Å². The first kappa shape index (κ1) is 16.4. The molecule has 0 aliphatic carbocycles. The molecule has 0 N–H and O–H groups in total. The maximum atomic E-state index is 13.3. The fourth-order valence-electron chi connectivity index (χ4n) is 4.10. The number of benzene rings is 2. The molecule has 2 aliphatic heterocycles. The highest BCUT2D eigenvalue weighted by Crippen LogP contribution is 2.37. The number of aryl methyl sites for hydroxylation is 1. The minimum atomic E-state index is -0.159. The van der Waals surface area contributed by atoms with Gasteiger partial charge in [-0.3, -0.25) is 0 Å². The SMILES string of the molecule is CN1CC[C@@H](c2ccc(F)cc2)[C@H](CCc2ccc3c(c2)OCO3)C1. The summed E-state index contributed by atoms with van der Waals surface area (Å²) in [5.74, 6) is 2.62. The number of piperidine rings is 1. The van der Waals surface area contributed by atoms with E-state index in [9.17, 15) is 4.39 Å². The van der Waals surface area contributed by atoms with Crippen LogP contribution in [0, 0.1) is 11.7 Å². The van der Waals surface area contributed by atoms with Crippen LogP contribution >= 0.6 is 0 Å². The molecule has 0 radical (unpaired) electrons. The zero-order valence-corrected chi connectivity index (χ0v) is 14.6. The van der Waals surface area contributed by atoms with Crippen LogP contribution < -0.4 is 9.47 Å². The molecule has 4 rings (SSSR count). The summed E-state index contributed by atoms with van der Waals surface area (Å²) in [6.45, 7) is 2.51. The van der Waals surface area contributed by atoms with Gasteiger partial charge in [-0.2, -0.15) is 0 Å². The van der Waals surface area contributed by atoms with Crippen molar-refractivity contribution >= 4 is 0 Å². The third-order valence-electron chi connectivity index (χ3n) is 5.48. The molecule has 0 bridgehead atoms. The quantitative estimate of drug-likeness (QED) is 0.831. The smallest absolute Gasteiger partial charge is 0.231 e. The van der Waals surface area contributed by atoms with Gasteiger partial charge in [0.05, 0.1) is 0 Å². The van der Waals surface area contributed by atoms with Crippen LogP contribution in [-0.4, -0.2) is 31.8 Å². The molecule has 1 saturated heterocycles. The Morgan fingerprint density at radius 1 is 1.08 bits per heavy atom. The van der Waals surface area contributed by atoms with Crippen LogP contribution in [-0.2, 0) is 6.42 Å². The number of ether oxygens (including phenoxy) is 2. The summed E-state index contributed by atoms with van der Waals surface area (Å²) in [5, 5.41) is 0. The first-order valence-electron chi connectivity index (χ1n) is 9.01. The minimum Gasteiger partial charge on any atom is -0.454 e. The molecule has 4 heteroatoms. The van der Waals surface area contributed by atoms with Crippen LogP contribution in [0.4, 0.5) is 4.39 Å². The van der Waals surface area contributed by atoms with Gasteiger partial charge in [0.1, 0.15) is 5.82 Å². The molecule has 0 spiro atoms. The Morgan fingerprint density at radius 3 is 2.72 bits per heavy atom. The van der Waals surface area contributed by atoms with E-state index in [1.807, 2.05) is 18.2 Å². The van der Waals surface area contributed by atoms with E-state index >= 15 is 0 Å². The molecule has 0 aromatic heterocycles. The molecule has 2 atom stereocenters. The summed E-state index contributed by atoms with van der Waals surface area (Å²) in [6.07, 6.45) is 3.27. The molecule has 3 nitrogen and oxygen atoms in total. The normalized spacial score (nSPS) is 23.0. The number of halogens is 1. The second kappa shape index (κ2) is 7.04. The molecular formula is C21H24FNO2. The third-order valence-corrected chi connectivity index (χ3v) is 5.48. The molecule has 25 heavy (non-hydrogen) atoms. The maximum absolute atomic E-state index is 13.3.